The fourth-order valence-corrected chi connectivity index (χ4v) is 2.06. The van der Waals surface area contributed by atoms with Crippen molar-refractivity contribution in [3.8, 4) is 5.75 Å². The van der Waals surface area contributed by atoms with Crippen LogP contribution in [0.1, 0.15) is 11.1 Å². The summed E-state index contributed by atoms with van der Waals surface area (Å²) in [6.07, 6.45) is 0. The summed E-state index contributed by atoms with van der Waals surface area (Å²) in [6, 6.07) is 9.52. The van der Waals surface area contributed by atoms with Crippen LogP contribution in [-0.4, -0.2) is 0 Å². The molecule has 0 amide bonds. The molecule has 100 valence electrons. The van der Waals surface area contributed by atoms with Crippen LogP contribution in [0, 0.1) is 5.82 Å². The Kier molecular flexibility index (Phi) is 4.64. The van der Waals surface area contributed by atoms with Gasteiger partial charge in [0.2, 0.25) is 0 Å². The van der Waals surface area contributed by atoms with Crippen LogP contribution in [0.5, 0.6) is 5.75 Å². The number of halogens is 3. The lowest BCUT2D eigenvalue weighted by molar-refractivity contribution is 0.306. The van der Waals surface area contributed by atoms with E-state index in [9.17, 15) is 4.39 Å². The minimum Gasteiger partial charge on any atom is -0.487 e. The molecular weight excluding hydrogens is 288 g/mol. The number of ether oxygens (including phenoxy) is 1. The Labute approximate surface area is 120 Å². The molecule has 0 unspecified atom stereocenters. The monoisotopic (exact) mass is 299 g/mol. The predicted octanol–water partition coefficient (Wildman–Crippen LogP) is 4.17. The van der Waals surface area contributed by atoms with Crippen LogP contribution in [0.3, 0.4) is 0 Å². The van der Waals surface area contributed by atoms with E-state index in [2.05, 4.69) is 0 Å². The highest BCUT2D eigenvalue weighted by atomic mass is 35.5. The fourth-order valence-electron chi connectivity index (χ4n) is 1.58. The quantitative estimate of drug-likeness (QED) is 0.919. The van der Waals surface area contributed by atoms with E-state index in [4.69, 9.17) is 33.7 Å². The van der Waals surface area contributed by atoms with Crippen molar-refractivity contribution >= 4 is 23.2 Å². The van der Waals surface area contributed by atoms with Gasteiger partial charge < -0.3 is 10.5 Å². The third-order valence-corrected chi connectivity index (χ3v) is 3.28. The molecule has 0 aliphatic rings. The summed E-state index contributed by atoms with van der Waals surface area (Å²) in [6.45, 7) is 0.694. The lowest BCUT2D eigenvalue weighted by Crippen LogP contribution is -2.00. The second-order valence-electron chi connectivity index (χ2n) is 3.99. The highest BCUT2D eigenvalue weighted by Crippen LogP contribution is 2.27. The van der Waals surface area contributed by atoms with Crippen molar-refractivity contribution in [2.45, 2.75) is 13.2 Å². The third-order valence-electron chi connectivity index (χ3n) is 2.63. The highest BCUT2D eigenvalue weighted by molar-refractivity contribution is 6.32. The fraction of sp³-hybridized carbons (Fsp3) is 0.143. The van der Waals surface area contributed by atoms with Crippen molar-refractivity contribution in [2.75, 3.05) is 0 Å². The standard InChI is InChI=1S/C14H12Cl2FNO/c15-12-5-9(7-18)1-2-10(12)8-19-14-4-3-11(17)6-13(14)16/h1-6H,7-8,18H2. The summed E-state index contributed by atoms with van der Waals surface area (Å²) in [5.41, 5.74) is 7.30. The molecule has 2 nitrogen and oxygen atoms in total. The number of hydrogen-bond donors (Lipinski definition) is 1. The smallest absolute Gasteiger partial charge is 0.138 e. The van der Waals surface area contributed by atoms with Gasteiger partial charge in [-0.3, -0.25) is 0 Å². The maximum atomic E-state index is 12.9. The van der Waals surface area contributed by atoms with E-state index in [0.29, 0.717) is 17.3 Å². The largest absolute Gasteiger partial charge is 0.487 e. The van der Waals surface area contributed by atoms with Crippen LogP contribution in [-0.2, 0) is 13.2 Å². The Morgan fingerprint density at radius 2 is 1.84 bits per heavy atom. The molecule has 2 rings (SSSR count). The van der Waals surface area contributed by atoms with Gasteiger partial charge in [-0.15, -0.1) is 0 Å². The molecule has 0 atom stereocenters. The van der Waals surface area contributed by atoms with E-state index < -0.39 is 5.82 Å². The maximum Gasteiger partial charge on any atom is 0.138 e. The van der Waals surface area contributed by atoms with Crippen LogP contribution in [0.2, 0.25) is 10.0 Å². The Hall–Kier alpha value is -1.29. The summed E-state index contributed by atoms with van der Waals surface area (Å²) < 4.78 is 18.4. The molecule has 2 aromatic rings. The summed E-state index contributed by atoms with van der Waals surface area (Å²) in [5.74, 6) is 0.0183. The van der Waals surface area contributed by atoms with E-state index in [1.165, 1.54) is 18.2 Å². The number of rotatable bonds is 4. The first kappa shape index (κ1) is 14.1. The molecule has 0 aromatic heterocycles. The molecule has 0 heterocycles. The molecule has 2 N–H and O–H groups in total. The Balaban J connectivity index is 2.10. The molecule has 0 aliphatic heterocycles. The first-order chi connectivity index (χ1) is 9.10. The second-order valence-corrected chi connectivity index (χ2v) is 4.81. The van der Waals surface area contributed by atoms with Crippen LogP contribution in [0.25, 0.3) is 0 Å². The lowest BCUT2D eigenvalue weighted by atomic mass is 10.1. The molecule has 0 radical (unpaired) electrons. The minimum atomic E-state index is -0.400. The molecule has 2 aromatic carbocycles. The zero-order valence-corrected chi connectivity index (χ0v) is 11.5. The molecule has 5 heteroatoms. The molecule has 0 fully saturated rings. The van der Waals surface area contributed by atoms with Gasteiger partial charge >= 0.3 is 0 Å². The van der Waals surface area contributed by atoms with Gasteiger partial charge in [0.05, 0.1) is 5.02 Å². The SMILES string of the molecule is NCc1ccc(COc2ccc(F)cc2Cl)c(Cl)c1. The minimum absolute atomic E-state index is 0.231. The third kappa shape index (κ3) is 3.60. The van der Waals surface area contributed by atoms with Crippen molar-refractivity contribution in [3.63, 3.8) is 0 Å². The van der Waals surface area contributed by atoms with Crippen molar-refractivity contribution in [1.29, 1.82) is 0 Å². The van der Waals surface area contributed by atoms with Gasteiger partial charge in [-0.05, 0) is 29.8 Å². The molecule has 19 heavy (non-hydrogen) atoms. The van der Waals surface area contributed by atoms with E-state index >= 15 is 0 Å². The van der Waals surface area contributed by atoms with Crippen molar-refractivity contribution in [3.05, 3.63) is 63.4 Å². The Bertz CT molecular complexity index is 590. The number of nitrogens with two attached hydrogens (primary N) is 1. The van der Waals surface area contributed by atoms with E-state index in [-0.39, 0.29) is 11.6 Å². The molecule has 0 spiro atoms. The van der Waals surface area contributed by atoms with E-state index in [0.717, 1.165) is 11.1 Å². The van der Waals surface area contributed by atoms with E-state index in [1.54, 1.807) is 6.07 Å². The first-order valence-electron chi connectivity index (χ1n) is 5.65. The zero-order chi connectivity index (χ0) is 13.8. The lowest BCUT2D eigenvalue weighted by Gasteiger charge is -2.10. The second kappa shape index (κ2) is 6.24. The predicted molar refractivity (Wildman–Crippen MR) is 75.1 cm³/mol. The van der Waals surface area contributed by atoms with Crippen LogP contribution in [0.15, 0.2) is 36.4 Å². The van der Waals surface area contributed by atoms with E-state index in [1.807, 2.05) is 12.1 Å². The highest BCUT2D eigenvalue weighted by Gasteiger charge is 2.06. The Morgan fingerprint density at radius 1 is 1.05 bits per heavy atom. The van der Waals surface area contributed by atoms with Gasteiger partial charge in [0.1, 0.15) is 18.2 Å². The van der Waals surface area contributed by atoms with Crippen LogP contribution in [0.4, 0.5) is 4.39 Å². The van der Waals surface area contributed by atoms with Gasteiger partial charge in [-0.2, -0.15) is 0 Å². The van der Waals surface area contributed by atoms with Gasteiger partial charge in [-0.1, -0.05) is 35.3 Å². The molecular formula is C14H12Cl2FNO. The number of benzene rings is 2. The van der Waals surface area contributed by atoms with Crippen LogP contribution >= 0.6 is 23.2 Å². The first-order valence-corrected chi connectivity index (χ1v) is 6.41. The zero-order valence-electron chi connectivity index (χ0n) is 10.00. The van der Waals surface area contributed by atoms with Crippen LogP contribution < -0.4 is 10.5 Å². The Morgan fingerprint density at radius 3 is 2.47 bits per heavy atom. The van der Waals surface area contributed by atoms with Crippen molar-refractivity contribution in [2.24, 2.45) is 5.73 Å². The summed E-state index contributed by atoms with van der Waals surface area (Å²) in [4.78, 5) is 0. The van der Waals surface area contributed by atoms with Crippen molar-refractivity contribution < 1.29 is 9.13 Å². The molecule has 0 saturated heterocycles. The van der Waals surface area contributed by atoms with Gasteiger partial charge in [-0.25, -0.2) is 4.39 Å². The summed E-state index contributed by atoms with van der Waals surface area (Å²) in [5, 5.41) is 0.816. The van der Waals surface area contributed by atoms with Gasteiger partial charge in [0.25, 0.3) is 0 Å². The summed E-state index contributed by atoms with van der Waals surface area (Å²) in [7, 11) is 0. The molecule has 0 saturated carbocycles. The van der Waals surface area contributed by atoms with Gasteiger partial charge in [0, 0.05) is 17.1 Å². The topological polar surface area (TPSA) is 35.2 Å². The summed E-state index contributed by atoms with van der Waals surface area (Å²) >= 11 is 12.0. The molecule has 0 bridgehead atoms. The average Bonchev–Trinajstić information content (AvgIpc) is 2.39. The normalized spacial score (nSPS) is 10.5. The molecule has 0 aliphatic carbocycles. The average molecular weight is 300 g/mol. The van der Waals surface area contributed by atoms with Gasteiger partial charge in [0.15, 0.2) is 0 Å². The van der Waals surface area contributed by atoms with Crippen molar-refractivity contribution in [1.82, 2.24) is 0 Å². The number of hydrogen-bond acceptors (Lipinski definition) is 2. The maximum absolute atomic E-state index is 12.9.